The fraction of sp³-hybridized carbons (Fsp3) is 0.773. The topological polar surface area (TPSA) is 130 Å². The van der Waals surface area contributed by atoms with Gasteiger partial charge in [-0.1, -0.05) is 6.92 Å². The molecule has 8 atom stereocenters. The highest BCUT2D eigenvalue weighted by Crippen LogP contribution is 2.45. The average Bonchev–Trinajstić information content (AvgIpc) is 3.30. The molecule has 4 unspecified atom stereocenters. The minimum atomic E-state index is -1.04. The van der Waals surface area contributed by atoms with Gasteiger partial charge in [-0.05, 0) is 51.0 Å². The fourth-order valence-corrected chi connectivity index (χ4v) is 5.86. The summed E-state index contributed by atoms with van der Waals surface area (Å²) in [6.07, 6.45) is 2.27. The van der Waals surface area contributed by atoms with Crippen LogP contribution in [0.15, 0.2) is 6.33 Å². The van der Waals surface area contributed by atoms with E-state index in [1.807, 2.05) is 11.8 Å². The Morgan fingerprint density at radius 2 is 2.03 bits per heavy atom. The number of aliphatic hydroxyl groups is 2. The maximum atomic E-state index is 10.6. The second-order valence-electron chi connectivity index (χ2n) is 9.51. The first-order valence-electron chi connectivity index (χ1n) is 11.8. The summed E-state index contributed by atoms with van der Waals surface area (Å²) in [6, 6.07) is 2.47. The molecule has 4 N–H and O–H groups in total. The van der Waals surface area contributed by atoms with Gasteiger partial charge < -0.3 is 25.2 Å². The van der Waals surface area contributed by atoms with Crippen LogP contribution in [0.25, 0.3) is 0 Å². The zero-order valence-electron chi connectivity index (χ0n) is 18.7. The molecule has 5 rings (SSSR count). The molecule has 3 fully saturated rings. The molecule has 0 bridgehead atoms. The number of nitriles is 1. The number of anilines is 3. The summed E-state index contributed by atoms with van der Waals surface area (Å²) in [7, 11) is 0. The van der Waals surface area contributed by atoms with Crippen LogP contribution in [0.4, 0.5) is 17.3 Å². The van der Waals surface area contributed by atoms with Crippen LogP contribution in [-0.4, -0.2) is 70.6 Å². The van der Waals surface area contributed by atoms with Crippen molar-refractivity contribution in [1.82, 2.24) is 15.3 Å². The SMILES string of the molecule is CCNC1Nc2c(N3CCC4CCC(C#N)CC4C3)ncnc2N1[C@@H]1O[C@H](C)[C@@H](O)[C@H]1O. The number of hydrogen-bond donors (Lipinski definition) is 4. The van der Waals surface area contributed by atoms with Crippen LogP contribution in [0.3, 0.4) is 0 Å². The largest absolute Gasteiger partial charge is 0.388 e. The van der Waals surface area contributed by atoms with E-state index >= 15 is 0 Å². The predicted molar refractivity (Wildman–Crippen MR) is 119 cm³/mol. The van der Waals surface area contributed by atoms with Crippen molar-refractivity contribution in [3.63, 3.8) is 0 Å². The number of aromatic nitrogens is 2. The highest BCUT2D eigenvalue weighted by Gasteiger charge is 2.49. The Balaban J connectivity index is 1.43. The van der Waals surface area contributed by atoms with Gasteiger partial charge in [0.15, 0.2) is 24.2 Å². The van der Waals surface area contributed by atoms with Crippen LogP contribution in [0, 0.1) is 29.1 Å². The van der Waals surface area contributed by atoms with Crippen molar-refractivity contribution in [2.45, 2.75) is 70.4 Å². The molecule has 10 heteroatoms. The van der Waals surface area contributed by atoms with Crippen LogP contribution in [0.5, 0.6) is 0 Å². The molecule has 32 heavy (non-hydrogen) atoms. The summed E-state index contributed by atoms with van der Waals surface area (Å²) < 4.78 is 5.92. The molecule has 1 aromatic heterocycles. The van der Waals surface area contributed by atoms with Crippen molar-refractivity contribution in [2.24, 2.45) is 17.8 Å². The predicted octanol–water partition coefficient (Wildman–Crippen LogP) is 0.834. The number of nitrogens with one attached hydrogen (secondary N) is 2. The second kappa shape index (κ2) is 8.63. The van der Waals surface area contributed by atoms with Crippen LogP contribution in [0.2, 0.25) is 0 Å². The molecule has 3 aliphatic heterocycles. The summed E-state index contributed by atoms with van der Waals surface area (Å²) in [5, 5.41) is 37.2. The summed E-state index contributed by atoms with van der Waals surface area (Å²) in [6.45, 7) is 6.29. The molecule has 2 saturated heterocycles. The highest BCUT2D eigenvalue weighted by atomic mass is 16.6. The molecule has 1 aromatic rings. The molecule has 4 heterocycles. The van der Waals surface area contributed by atoms with Gasteiger partial charge >= 0.3 is 0 Å². The van der Waals surface area contributed by atoms with Gasteiger partial charge in [0.1, 0.15) is 24.2 Å². The minimum Gasteiger partial charge on any atom is -0.388 e. The van der Waals surface area contributed by atoms with E-state index in [0.29, 0.717) is 24.2 Å². The van der Waals surface area contributed by atoms with E-state index < -0.39 is 24.5 Å². The monoisotopic (exact) mass is 443 g/mol. The zero-order valence-corrected chi connectivity index (χ0v) is 18.7. The Labute approximate surface area is 188 Å². The summed E-state index contributed by atoms with van der Waals surface area (Å²) in [4.78, 5) is 13.4. The molecule has 0 spiro atoms. The number of rotatable bonds is 4. The van der Waals surface area contributed by atoms with Gasteiger partial charge in [-0.3, -0.25) is 10.2 Å². The Morgan fingerprint density at radius 1 is 1.22 bits per heavy atom. The third-order valence-electron chi connectivity index (χ3n) is 7.61. The van der Waals surface area contributed by atoms with E-state index in [1.165, 1.54) is 0 Å². The van der Waals surface area contributed by atoms with E-state index in [1.54, 1.807) is 13.3 Å². The van der Waals surface area contributed by atoms with Crippen molar-refractivity contribution < 1.29 is 14.9 Å². The third-order valence-corrected chi connectivity index (χ3v) is 7.61. The van der Waals surface area contributed by atoms with E-state index in [-0.39, 0.29) is 12.2 Å². The van der Waals surface area contributed by atoms with Crippen LogP contribution >= 0.6 is 0 Å². The van der Waals surface area contributed by atoms with Crippen LogP contribution in [0.1, 0.15) is 39.5 Å². The van der Waals surface area contributed by atoms with Crippen molar-refractivity contribution >= 4 is 17.3 Å². The van der Waals surface area contributed by atoms with E-state index in [9.17, 15) is 15.5 Å². The Morgan fingerprint density at radius 3 is 2.75 bits per heavy atom. The zero-order chi connectivity index (χ0) is 22.4. The van der Waals surface area contributed by atoms with Crippen LogP contribution < -0.4 is 20.4 Å². The molecular formula is C22H33N7O3. The molecule has 0 radical (unpaired) electrons. The lowest BCUT2D eigenvalue weighted by Crippen LogP contribution is -2.55. The van der Waals surface area contributed by atoms with E-state index in [2.05, 4.69) is 31.6 Å². The van der Waals surface area contributed by atoms with E-state index in [4.69, 9.17) is 4.74 Å². The summed E-state index contributed by atoms with van der Waals surface area (Å²) in [5.74, 6) is 2.86. The number of hydrogen-bond acceptors (Lipinski definition) is 10. The lowest BCUT2D eigenvalue weighted by molar-refractivity contribution is 0.00981. The number of ether oxygens (including phenoxy) is 1. The molecule has 10 nitrogen and oxygen atoms in total. The summed E-state index contributed by atoms with van der Waals surface area (Å²) in [5.41, 5.74) is 0.814. The van der Waals surface area contributed by atoms with Crippen molar-refractivity contribution in [3.05, 3.63) is 6.33 Å². The normalized spacial score (nSPS) is 38.7. The maximum Gasteiger partial charge on any atom is 0.163 e. The lowest BCUT2D eigenvalue weighted by atomic mass is 9.71. The molecule has 1 aliphatic carbocycles. The van der Waals surface area contributed by atoms with Gasteiger partial charge in [0, 0.05) is 19.0 Å². The number of piperidine rings is 1. The molecule has 4 aliphatic rings. The first-order chi connectivity index (χ1) is 15.5. The first kappa shape index (κ1) is 21.6. The molecule has 174 valence electrons. The van der Waals surface area contributed by atoms with Gasteiger partial charge in [0.25, 0.3) is 0 Å². The van der Waals surface area contributed by atoms with Crippen molar-refractivity contribution in [2.75, 3.05) is 34.8 Å². The minimum absolute atomic E-state index is 0.161. The van der Waals surface area contributed by atoms with Gasteiger partial charge in [-0.15, -0.1) is 0 Å². The first-order valence-corrected chi connectivity index (χ1v) is 11.8. The van der Waals surface area contributed by atoms with Crippen molar-refractivity contribution in [3.8, 4) is 6.07 Å². The second-order valence-corrected chi connectivity index (χ2v) is 9.51. The van der Waals surface area contributed by atoms with Gasteiger partial charge in [0.05, 0.1) is 12.2 Å². The Bertz CT molecular complexity index is 880. The number of aliphatic hydroxyl groups excluding tert-OH is 2. The average molecular weight is 444 g/mol. The number of nitrogens with zero attached hydrogens (tertiary/aromatic N) is 5. The Kier molecular flexibility index (Phi) is 5.84. The number of fused-ring (bicyclic) bond motifs is 2. The van der Waals surface area contributed by atoms with Gasteiger partial charge in [-0.2, -0.15) is 5.26 Å². The molecule has 0 aromatic carbocycles. The third kappa shape index (κ3) is 3.57. The molecular weight excluding hydrogens is 410 g/mol. The lowest BCUT2D eigenvalue weighted by Gasteiger charge is -2.43. The standard InChI is InChI=1S/C22H33N7O3/c1-3-24-22-27-16-19(28-7-6-14-5-4-13(9-23)8-15(14)10-28)25-11-26-20(16)29(22)21-18(31)17(30)12(2)32-21/h11-15,17-18,21-22,24,27,30-31H,3-8,10H2,1-2H3/t12-,13?,14?,15?,17-,18-,21-,22?/m1/s1. The molecule has 0 amide bonds. The smallest absolute Gasteiger partial charge is 0.163 e. The quantitative estimate of drug-likeness (QED) is 0.531. The Hall–Kier alpha value is -2.19. The van der Waals surface area contributed by atoms with Crippen LogP contribution in [-0.2, 0) is 4.74 Å². The fourth-order valence-electron chi connectivity index (χ4n) is 5.86. The molecule has 1 saturated carbocycles. The van der Waals surface area contributed by atoms with Crippen molar-refractivity contribution in [1.29, 1.82) is 5.26 Å². The summed E-state index contributed by atoms with van der Waals surface area (Å²) >= 11 is 0. The van der Waals surface area contributed by atoms with E-state index in [0.717, 1.165) is 50.3 Å². The maximum absolute atomic E-state index is 10.6. The van der Waals surface area contributed by atoms with Gasteiger partial charge in [0.2, 0.25) is 0 Å². The van der Waals surface area contributed by atoms with Gasteiger partial charge in [-0.25, -0.2) is 9.97 Å². The highest BCUT2D eigenvalue weighted by molar-refractivity contribution is 5.83.